The molecule has 6 heteroatoms. The van der Waals surface area contributed by atoms with Gasteiger partial charge < -0.3 is 15.2 Å². The van der Waals surface area contributed by atoms with Crippen LogP contribution in [-0.2, 0) is 4.79 Å². The van der Waals surface area contributed by atoms with Crippen molar-refractivity contribution in [2.75, 3.05) is 10.6 Å². The molecule has 0 fully saturated rings. The van der Waals surface area contributed by atoms with Crippen molar-refractivity contribution in [3.8, 4) is 0 Å². The number of nitrogens with one attached hydrogen (secondary N) is 2. The lowest BCUT2D eigenvalue weighted by Crippen LogP contribution is -2.34. The normalized spacial score (nSPS) is 11.9. The van der Waals surface area contributed by atoms with Crippen LogP contribution in [0, 0.1) is 6.92 Å². The lowest BCUT2D eigenvalue weighted by Gasteiger charge is -2.17. The van der Waals surface area contributed by atoms with Gasteiger partial charge in [0.15, 0.2) is 5.82 Å². The quantitative estimate of drug-likeness (QED) is 0.886. The minimum atomic E-state index is -0.354. The molecule has 1 atom stereocenters. The van der Waals surface area contributed by atoms with Gasteiger partial charge in [0.25, 0.3) is 0 Å². The van der Waals surface area contributed by atoms with Crippen molar-refractivity contribution >= 4 is 29.0 Å². The SMILES string of the molecule is CCC(Nc1ccc(Cl)cc1)C(=O)Nc1cc(C)on1. The molecular formula is C14H16ClN3O2. The minimum Gasteiger partial charge on any atom is -0.374 e. The third-order valence-corrected chi connectivity index (χ3v) is 3.04. The number of halogens is 1. The summed E-state index contributed by atoms with van der Waals surface area (Å²) < 4.78 is 4.91. The van der Waals surface area contributed by atoms with E-state index < -0.39 is 0 Å². The number of carbonyl (C=O) groups excluding carboxylic acids is 1. The number of amides is 1. The van der Waals surface area contributed by atoms with Gasteiger partial charge in [0.05, 0.1) is 0 Å². The van der Waals surface area contributed by atoms with Crippen LogP contribution in [0.4, 0.5) is 11.5 Å². The van der Waals surface area contributed by atoms with E-state index >= 15 is 0 Å². The summed E-state index contributed by atoms with van der Waals surface area (Å²) >= 11 is 5.83. The van der Waals surface area contributed by atoms with E-state index in [1.54, 1.807) is 25.1 Å². The van der Waals surface area contributed by atoms with Crippen LogP contribution < -0.4 is 10.6 Å². The third-order valence-electron chi connectivity index (χ3n) is 2.79. The van der Waals surface area contributed by atoms with Crippen molar-refractivity contribution < 1.29 is 9.32 Å². The van der Waals surface area contributed by atoms with Gasteiger partial charge in [-0.2, -0.15) is 0 Å². The second-order valence-electron chi connectivity index (χ2n) is 4.42. The lowest BCUT2D eigenvalue weighted by molar-refractivity contribution is -0.117. The fourth-order valence-corrected chi connectivity index (χ4v) is 1.86. The topological polar surface area (TPSA) is 67.2 Å². The summed E-state index contributed by atoms with van der Waals surface area (Å²) in [5, 5.41) is 10.3. The van der Waals surface area contributed by atoms with Gasteiger partial charge >= 0.3 is 0 Å². The van der Waals surface area contributed by atoms with Crippen LogP contribution in [-0.4, -0.2) is 17.1 Å². The Kier molecular flexibility index (Phi) is 4.63. The van der Waals surface area contributed by atoms with Crippen LogP contribution in [0.5, 0.6) is 0 Å². The molecule has 1 aromatic carbocycles. The predicted molar refractivity (Wildman–Crippen MR) is 79.0 cm³/mol. The molecule has 0 saturated heterocycles. The van der Waals surface area contributed by atoms with E-state index in [0.29, 0.717) is 23.0 Å². The second kappa shape index (κ2) is 6.43. The fraction of sp³-hybridized carbons (Fsp3) is 0.286. The zero-order chi connectivity index (χ0) is 14.5. The molecule has 2 aromatic rings. The number of aromatic nitrogens is 1. The van der Waals surface area contributed by atoms with Crippen molar-refractivity contribution in [2.24, 2.45) is 0 Å². The predicted octanol–water partition coefficient (Wildman–Crippen LogP) is 3.47. The fourth-order valence-electron chi connectivity index (χ4n) is 1.74. The van der Waals surface area contributed by atoms with Crippen molar-refractivity contribution in [1.29, 1.82) is 0 Å². The van der Waals surface area contributed by atoms with Crippen molar-refractivity contribution in [3.63, 3.8) is 0 Å². The molecule has 1 unspecified atom stereocenters. The first-order valence-electron chi connectivity index (χ1n) is 6.34. The van der Waals surface area contributed by atoms with Crippen LogP contribution in [0.3, 0.4) is 0 Å². The first kappa shape index (κ1) is 14.4. The molecular weight excluding hydrogens is 278 g/mol. The molecule has 20 heavy (non-hydrogen) atoms. The largest absolute Gasteiger partial charge is 0.374 e. The van der Waals surface area contributed by atoms with Crippen LogP contribution in [0.1, 0.15) is 19.1 Å². The molecule has 0 aliphatic rings. The molecule has 0 bridgehead atoms. The highest BCUT2D eigenvalue weighted by Crippen LogP contribution is 2.16. The summed E-state index contributed by atoms with van der Waals surface area (Å²) in [4.78, 5) is 12.1. The maximum Gasteiger partial charge on any atom is 0.248 e. The zero-order valence-electron chi connectivity index (χ0n) is 11.3. The molecule has 0 spiro atoms. The molecule has 0 radical (unpaired) electrons. The summed E-state index contributed by atoms with van der Waals surface area (Å²) in [5.41, 5.74) is 0.840. The Labute approximate surface area is 122 Å². The molecule has 0 saturated carbocycles. The van der Waals surface area contributed by atoms with Gasteiger partial charge in [-0.25, -0.2) is 0 Å². The molecule has 5 nitrogen and oxygen atoms in total. The number of hydrogen-bond donors (Lipinski definition) is 2. The van der Waals surface area contributed by atoms with Crippen molar-refractivity contribution in [2.45, 2.75) is 26.3 Å². The Bertz CT molecular complexity index is 580. The Morgan fingerprint density at radius 3 is 2.65 bits per heavy atom. The van der Waals surface area contributed by atoms with Gasteiger partial charge in [-0.05, 0) is 37.6 Å². The lowest BCUT2D eigenvalue weighted by atomic mass is 10.2. The molecule has 106 valence electrons. The van der Waals surface area contributed by atoms with E-state index in [1.807, 2.05) is 19.1 Å². The van der Waals surface area contributed by atoms with E-state index in [9.17, 15) is 4.79 Å². The highest BCUT2D eigenvalue weighted by Gasteiger charge is 2.17. The summed E-state index contributed by atoms with van der Waals surface area (Å²) in [6.07, 6.45) is 0.644. The number of carbonyl (C=O) groups is 1. The number of hydrogen-bond acceptors (Lipinski definition) is 4. The van der Waals surface area contributed by atoms with Crippen molar-refractivity contribution in [1.82, 2.24) is 5.16 Å². The maximum atomic E-state index is 12.1. The average Bonchev–Trinajstić information content (AvgIpc) is 2.83. The van der Waals surface area contributed by atoms with Gasteiger partial charge in [-0.3, -0.25) is 4.79 Å². The van der Waals surface area contributed by atoms with E-state index in [-0.39, 0.29) is 11.9 Å². The second-order valence-corrected chi connectivity index (χ2v) is 4.86. The number of benzene rings is 1. The molecule has 0 aliphatic heterocycles. The summed E-state index contributed by atoms with van der Waals surface area (Å²) in [7, 11) is 0. The number of nitrogens with zero attached hydrogens (tertiary/aromatic N) is 1. The van der Waals surface area contributed by atoms with E-state index in [4.69, 9.17) is 16.1 Å². The van der Waals surface area contributed by atoms with Crippen LogP contribution in [0.15, 0.2) is 34.9 Å². The molecule has 2 N–H and O–H groups in total. The maximum absolute atomic E-state index is 12.1. The highest BCUT2D eigenvalue weighted by atomic mass is 35.5. The summed E-state index contributed by atoms with van der Waals surface area (Å²) in [6.45, 7) is 3.70. The first-order chi connectivity index (χ1) is 9.58. The molecule has 1 heterocycles. The summed E-state index contributed by atoms with van der Waals surface area (Å²) in [5.74, 6) is 0.915. The highest BCUT2D eigenvalue weighted by molar-refractivity contribution is 6.30. The van der Waals surface area contributed by atoms with E-state index in [2.05, 4.69) is 15.8 Å². The van der Waals surface area contributed by atoms with Crippen LogP contribution in [0.25, 0.3) is 0 Å². The number of anilines is 2. The van der Waals surface area contributed by atoms with Gasteiger partial charge in [-0.15, -0.1) is 0 Å². The Balaban J connectivity index is 2.00. The third kappa shape index (κ3) is 3.74. The average molecular weight is 294 g/mol. The minimum absolute atomic E-state index is 0.157. The van der Waals surface area contributed by atoms with Gasteiger partial charge in [-0.1, -0.05) is 23.7 Å². The van der Waals surface area contributed by atoms with E-state index in [1.165, 1.54) is 0 Å². The Morgan fingerprint density at radius 2 is 2.10 bits per heavy atom. The van der Waals surface area contributed by atoms with Crippen molar-refractivity contribution in [3.05, 3.63) is 41.1 Å². The summed E-state index contributed by atoms with van der Waals surface area (Å²) in [6, 6.07) is 8.53. The Hall–Kier alpha value is -2.01. The standard InChI is InChI=1S/C14H16ClN3O2/c1-3-12(16-11-6-4-10(15)5-7-11)14(19)17-13-8-9(2)20-18-13/h4-8,12,16H,3H2,1-2H3,(H,17,18,19). The molecule has 0 aliphatic carbocycles. The number of rotatable bonds is 5. The first-order valence-corrected chi connectivity index (χ1v) is 6.72. The van der Waals surface area contributed by atoms with Gasteiger partial charge in [0.1, 0.15) is 11.8 Å². The van der Waals surface area contributed by atoms with Crippen LogP contribution in [0.2, 0.25) is 5.02 Å². The van der Waals surface area contributed by atoms with E-state index in [0.717, 1.165) is 5.69 Å². The molecule has 2 rings (SSSR count). The number of aryl methyl sites for hydroxylation is 1. The van der Waals surface area contributed by atoms with Gasteiger partial charge in [0, 0.05) is 16.8 Å². The molecule has 1 amide bonds. The van der Waals surface area contributed by atoms with Gasteiger partial charge in [0.2, 0.25) is 5.91 Å². The zero-order valence-corrected chi connectivity index (χ0v) is 12.1. The Morgan fingerprint density at radius 1 is 1.40 bits per heavy atom. The van der Waals surface area contributed by atoms with Crippen LogP contribution >= 0.6 is 11.6 Å². The monoisotopic (exact) mass is 293 g/mol. The smallest absolute Gasteiger partial charge is 0.248 e. The molecule has 1 aromatic heterocycles.